The van der Waals surface area contributed by atoms with Crippen molar-refractivity contribution in [2.24, 2.45) is 0 Å². The van der Waals surface area contributed by atoms with Crippen molar-refractivity contribution < 1.29 is 23.9 Å². The molecule has 1 fully saturated rings. The first kappa shape index (κ1) is 18.6. The maximum atomic E-state index is 14.4. The highest BCUT2D eigenvalue weighted by Crippen LogP contribution is 2.30. The zero-order chi connectivity index (χ0) is 19.6. The lowest BCUT2D eigenvalue weighted by atomic mass is 9.99. The van der Waals surface area contributed by atoms with E-state index in [2.05, 4.69) is 0 Å². The van der Waals surface area contributed by atoms with Gasteiger partial charge in [-0.2, -0.15) is 0 Å². The number of aryl methyl sites for hydroxylation is 1. The first-order valence-corrected chi connectivity index (χ1v) is 8.47. The van der Waals surface area contributed by atoms with Gasteiger partial charge in [0.05, 0.1) is 0 Å². The number of carbonyl (C=O) groups excluding carboxylic acids is 2. The van der Waals surface area contributed by atoms with Crippen LogP contribution in [-0.4, -0.2) is 45.8 Å². The van der Waals surface area contributed by atoms with Crippen molar-refractivity contribution in [1.29, 1.82) is 0 Å². The lowest BCUT2D eigenvalue weighted by Crippen LogP contribution is -2.56. The summed E-state index contributed by atoms with van der Waals surface area (Å²) in [5, 5.41) is 9.02. The highest BCUT2D eigenvalue weighted by molar-refractivity contribution is 5.97. The van der Waals surface area contributed by atoms with Crippen LogP contribution in [0.25, 0.3) is 0 Å². The minimum absolute atomic E-state index is 0.0538. The van der Waals surface area contributed by atoms with Crippen molar-refractivity contribution in [2.75, 3.05) is 13.1 Å². The van der Waals surface area contributed by atoms with E-state index in [-0.39, 0.29) is 18.7 Å². The van der Waals surface area contributed by atoms with Crippen LogP contribution in [0.1, 0.15) is 22.7 Å². The second-order valence-corrected chi connectivity index (χ2v) is 6.52. The standard InChI is InChI=1S/C20H19FN2O4/c1-13-6-8-14(9-7-13)10-23-17(24)11-22(12-18(25)26)20(27)19(23)15-4-2-3-5-16(15)21/h2-9,19H,10-12H2,1H3,(H,25,26). The van der Waals surface area contributed by atoms with Crippen LogP contribution in [0.15, 0.2) is 48.5 Å². The number of benzene rings is 2. The first-order chi connectivity index (χ1) is 12.9. The number of nitrogens with zero attached hydrogens (tertiary/aromatic N) is 2. The molecule has 0 aromatic heterocycles. The van der Waals surface area contributed by atoms with Crippen LogP contribution in [0.2, 0.25) is 0 Å². The Morgan fingerprint density at radius 1 is 1.15 bits per heavy atom. The van der Waals surface area contributed by atoms with E-state index in [4.69, 9.17) is 5.11 Å². The highest BCUT2D eigenvalue weighted by Gasteiger charge is 2.41. The van der Waals surface area contributed by atoms with E-state index in [9.17, 15) is 18.8 Å². The number of hydrogen-bond donors (Lipinski definition) is 1. The van der Waals surface area contributed by atoms with Crippen LogP contribution in [0.4, 0.5) is 4.39 Å². The fraction of sp³-hybridized carbons (Fsp3) is 0.250. The van der Waals surface area contributed by atoms with Gasteiger partial charge in [0.25, 0.3) is 5.91 Å². The Kier molecular flexibility index (Phi) is 5.21. The van der Waals surface area contributed by atoms with Crippen LogP contribution in [-0.2, 0) is 20.9 Å². The third-order valence-corrected chi connectivity index (χ3v) is 4.50. The molecular weight excluding hydrogens is 351 g/mol. The number of carboxylic acid groups (broad SMARTS) is 1. The average molecular weight is 370 g/mol. The molecule has 1 heterocycles. The molecule has 2 aromatic rings. The summed E-state index contributed by atoms with van der Waals surface area (Å²) in [5.41, 5.74) is 1.91. The molecule has 1 saturated heterocycles. The van der Waals surface area contributed by atoms with Gasteiger partial charge in [-0.15, -0.1) is 0 Å². The molecule has 2 aromatic carbocycles. The van der Waals surface area contributed by atoms with E-state index in [0.717, 1.165) is 16.0 Å². The topological polar surface area (TPSA) is 77.9 Å². The van der Waals surface area contributed by atoms with Gasteiger partial charge in [0, 0.05) is 12.1 Å². The Hall–Kier alpha value is -3.22. The van der Waals surface area contributed by atoms with Gasteiger partial charge in [-0.05, 0) is 18.6 Å². The molecule has 3 rings (SSSR count). The van der Waals surface area contributed by atoms with Crippen molar-refractivity contribution in [3.8, 4) is 0 Å². The molecule has 7 heteroatoms. The van der Waals surface area contributed by atoms with Gasteiger partial charge in [0.1, 0.15) is 24.9 Å². The fourth-order valence-electron chi connectivity index (χ4n) is 3.15. The largest absolute Gasteiger partial charge is 0.480 e. The van der Waals surface area contributed by atoms with Gasteiger partial charge in [-0.3, -0.25) is 14.4 Å². The maximum absolute atomic E-state index is 14.4. The van der Waals surface area contributed by atoms with Gasteiger partial charge in [0.15, 0.2) is 0 Å². The Morgan fingerprint density at radius 3 is 2.44 bits per heavy atom. The molecule has 0 saturated carbocycles. The Bertz CT molecular complexity index is 882. The summed E-state index contributed by atoms with van der Waals surface area (Å²) in [7, 11) is 0. The van der Waals surface area contributed by atoms with Crippen LogP contribution in [0, 0.1) is 12.7 Å². The Labute approximate surface area is 155 Å². The number of aliphatic carboxylic acids is 1. The molecule has 140 valence electrons. The van der Waals surface area contributed by atoms with Crippen molar-refractivity contribution >= 4 is 17.8 Å². The zero-order valence-electron chi connectivity index (χ0n) is 14.8. The Morgan fingerprint density at radius 2 is 1.81 bits per heavy atom. The van der Waals surface area contributed by atoms with E-state index >= 15 is 0 Å². The second kappa shape index (κ2) is 7.57. The monoisotopic (exact) mass is 370 g/mol. The summed E-state index contributed by atoms with van der Waals surface area (Å²) in [6.45, 7) is 1.12. The summed E-state index contributed by atoms with van der Waals surface area (Å²) >= 11 is 0. The predicted octanol–water partition coefficient (Wildman–Crippen LogP) is 2.13. The molecule has 27 heavy (non-hydrogen) atoms. The third-order valence-electron chi connectivity index (χ3n) is 4.50. The molecule has 1 aliphatic heterocycles. The van der Waals surface area contributed by atoms with E-state index in [0.29, 0.717) is 0 Å². The number of rotatable bonds is 5. The van der Waals surface area contributed by atoms with E-state index in [1.165, 1.54) is 23.1 Å². The van der Waals surface area contributed by atoms with Gasteiger partial charge in [0.2, 0.25) is 5.91 Å². The summed E-state index contributed by atoms with van der Waals surface area (Å²) in [4.78, 5) is 38.9. The summed E-state index contributed by atoms with van der Waals surface area (Å²) < 4.78 is 14.4. The quantitative estimate of drug-likeness (QED) is 0.875. The van der Waals surface area contributed by atoms with E-state index in [1.807, 2.05) is 31.2 Å². The summed E-state index contributed by atoms with van der Waals surface area (Å²) in [6, 6.07) is 12.0. The second-order valence-electron chi connectivity index (χ2n) is 6.52. The number of hydrogen-bond acceptors (Lipinski definition) is 3. The van der Waals surface area contributed by atoms with Gasteiger partial charge >= 0.3 is 5.97 Å². The number of carboxylic acids is 1. The van der Waals surface area contributed by atoms with Crippen molar-refractivity contribution in [3.63, 3.8) is 0 Å². The predicted molar refractivity (Wildman–Crippen MR) is 95.1 cm³/mol. The first-order valence-electron chi connectivity index (χ1n) is 8.47. The smallest absolute Gasteiger partial charge is 0.323 e. The minimum atomic E-state index is -1.23. The molecule has 0 radical (unpaired) electrons. The highest BCUT2D eigenvalue weighted by atomic mass is 19.1. The van der Waals surface area contributed by atoms with Crippen LogP contribution in [0.5, 0.6) is 0 Å². The molecule has 1 atom stereocenters. The number of halogens is 1. The third kappa shape index (κ3) is 3.97. The van der Waals surface area contributed by atoms with Gasteiger partial charge in [-0.25, -0.2) is 4.39 Å². The molecule has 1 unspecified atom stereocenters. The lowest BCUT2D eigenvalue weighted by molar-refractivity contribution is -0.160. The number of amides is 2. The van der Waals surface area contributed by atoms with E-state index < -0.39 is 36.2 Å². The molecule has 1 N–H and O–H groups in total. The van der Waals surface area contributed by atoms with Crippen molar-refractivity contribution in [1.82, 2.24) is 9.80 Å². The normalized spacial score (nSPS) is 17.3. The van der Waals surface area contributed by atoms with Gasteiger partial charge in [-0.1, -0.05) is 48.0 Å². The summed E-state index contributed by atoms with van der Waals surface area (Å²) in [5.74, 6) is -2.87. The maximum Gasteiger partial charge on any atom is 0.323 e. The average Bonchev–Trinajstić information content (AvgIpc) is 2.62. The zero-order valence-corrected chi connectivity index (χ0v) is 14.8. The molecule has 1 aliphatic rings. The molecule has 2 amide bonds. The van der Waals surface area contributed by atoms with Crippen molar-refractivity contribution in [3.05, 3.63) is 71.0 Å². The number of piperazine rings is 1. The molecule has 0 aliphatic carbocycles. The van der Waals surface area contributed by atoms with Crippen molar-refractivity contribution in [2.45, 2.75) is 19.5 Å². The van der Waals surface area contributed by atoms with Crippen LogP contribution < -0.4 is 0 Å². The Balaban J connectivity index is 1.99. The fourth-order valence-corrected chi connectivity index (χ4v) is 3.15. The summed E-state index contributed by atoms with van der Waals surface area (Å²) in [6.07, 6.45) is 0. The van der Waals surface area contributed by atoms with Crippen LogP contribution in [0.3, 0.4) is 0 Å². The van der Waals surface area contributed by atoms with Gasteiger partial charge < -0.3 is 14.9 Å². The molecule has 0 bridgehead atoms. The molecule has 6 nitrogen and oxygen atoms in total. The molecule has 0 spiro atoms. The minimum Gasteiger partial charge on any atom is -0.480 e. The lowest BCUT2D eigenvalue weighted by Gasteiger charge is -2.40. The SMILES string of the molecule is Cc1ccc(CN2C(=O)CN(CC(=O)O)C(=O)C2c2ccccc2F)cc1. The van der Waals surface area contributed by atoms with Crippen LogP contribution >= 0.6 is 0 Å². The number of carbonyl (C=O) groups is 3. The van der Waals surface area contributed by atoms with E-state index in [1.54, 1.807) is 6.07 Å². The molecular formula is C20H19FN2O4.